The molecule has 1 saturated heterocycles. The van der Waals surface area contributed by atoms with Gasteiger partial charge in [-0.15, -0.1) is 0 Å². The first kappa shape index (κ1) is 20.9. The van der Waals surface area contributed by atoms with E-state index < -0.39 is 30.3 Å². The van der Waals surface area contributed by atoms with Crippen molar-refractivity contribution < 1.29 is 31.8 Å². The summed E-state index contributed by atoms with van der Waals surface area (Å²) in [6.45, 7) is 2.60. The van der Waals surface area contributed by atoms with E-state index in [0.717, 1.165) is 23.4 Å². The van der Waals surface area contributed by atoms with Gasteiger partial charge in [-0.1, -0.05) is 6.08 Å². The predicted octanol–water partition coefficient (Wildman–Crippen LogP) is 4.64. The molecule has 1 fully saturated rings. The number of halogens is 4. The second-order valence-electron chi connectivity index (χ2n) is 7.88. The summed E-state index contributed by atoms with van der Waals surface area (Å²) >= 11 is 0. The molecular weight excluding hydrogens is 402 g/mol. The Balaban J connectivity index is 1.57. The summed E-state index contributed by atoms with van der Waals surface area (Å²) in [4.78, 5) is 15.1. The number of ether oxygens (including phenoxy) is 2. The molecular formula is C22H23F4NO3. The van der Waals surface area contributed by atoms with Crippen LogP contribution in [0.1, 0.15) is 28.8 Å². The molecule has 3 aliphatic rings. The van der Waals surface area contributed by atoms with E-state index in [2.05, 4.69) is 4.90 Å². The molecule has 0 saturated carbocycles. The van der Waals surface area contributed by atoms with Crippen molar-refractivity contribution in [2.45, 2.75) is 25.4 Å². The first-order valence-corrected chi connectivity index (χ1v) is 9.99. The Bertz CT molecular complexity index is 900. The number of carbonyl (C=O) groups excluding carboxylic acids is 1. The van der Waals surface area contributed by atoms with E-state index in [1.807, 2.05) is 6.07 Å². The third-order valence-electron chi connectivity index (χ3n) is 6.01. The number of anilines is 1. The van der Waals surface area contributed by atoms with Crippen molar-refractivity contribution in [2.24, 2.45) is 11.8 Å². The fraction of sp³-hybridized carbons (Fsp3) is 0.500. The fourth-order valence-electron chi connectivity index (χ4n) is 4.38. The van der Waals surface area contributed by atoms with E-state index in [4.69, 9.17) is 9.47 Å². The van der Waals surface area contributed by atoms with Gasteiger partial charge in [-0.05, 0) is 48.6 Å². The summed E-state index contributed by atoms with van der Waals surface area (Å²) in [5.74, 6) is -2.56. The average molecular weight is 425 g/mol. The minimum Gasteiger partial charge on any atom is -0.495 e. The van der Waals surface area contributed by atoms with E-state index in [1.165, 1.54) is 7.11 Å². The number of benzene rings is 1. The molecule has 2 aliphatic carbocycles. The number of nitrogens with zero attached hydrogens (tertiary/aromatic N) is 1. The van der Waals surface area contributed by atoms with Gasteiger partial charge in [0.2, 0.25) is 0 Å². The summed E-state index contributed by atoms with van der Waals surface area (Å²) in [6, 6.07) is 3.61. The zero-order valence-corrected chi connectivity index (χ0v) is 16.6. The number of hydrogen-bond donors (Lipinski definition) is 0. The quantitative estimate of drug-likeness (QED) is 0.659. The number of rotatable bonds is 4. The van der Waals surface area contributed by atoms with E-state index in [1.54, 1.807) is 6.07 Å². The zero-order valence-electron chi connectivity index (χ0n) is 16.6. The molecule has 0 aromatic heterocycles. The summed E-state index contributed by atoms with van der Waals surface area (Å²) < 4.78 is 64.3. The molecule has 1 heterocycles. The van der Waals surface area contributed by atoms with Gasteiger partial charge in [0, 0.05) is 24.6 Å². The largest absolute Gasteiger partial charge is 0.495 e. The van der Waals surface area contributed by atoms with Gasteiger partial charge in [-0.3, -0.25) is 4.79 Å². The van der Waals surface area contributed by atoms with Crippen molar-refractivity contribution in [2.75, 3.05) is 38.3 Å². The topological polar surface area (TPSA) is 38.8 Å². The van der Waals surface area contributed by atoms with Crippen LogP contribution in [0.4, 0.5) is 23.2 Å². The van der Waals surface area contributed by atoms with E-state index in [-0.39, 0.29) is 17.8 Å². The first-order chi connectivity index (χ1) is 14.3. The van der Waals surface area contributed by atoms with Crippen LogP contribution in [-0.4, -0.2) is 45.4 Å². The molecule has 2 atom stereocenters. The molecule has 1 aromatic carbocycles. The SMILES string of the molecule is COc1cc2c(cc1N1CCOCC1)CC(CC1=CC(C(F)(F)F)CC=C1F)C2=O. The lowest BCUT2D eigenvalue weighted by Gasteiger charge is -2.30. The van der Waals surface area contributed by atoms with Crippen LogP contribution in [0.2, 0.25) is 0 Å². The minimum atomic E-state index is -4.43. The summed E-state index contributed by atoms with van der Waals surface area (Å²) in [5, 5.41) is 0. The highest BCUT2D eigenvalue weighted by atomic mass is 19.4. The van der Waals surface area contributed by atoms with Gasteiger partial charge < -0.3 is 14.4 Å². The maximum absolute atomic E-state index is 14.2. The molecule has 1 aliphatic heterocycles. The number of methoxy groups -OCH3 is 1. The van der Waals surface area contributed by atoms with Gasteiger partial charge >= 0.3 is 6.18 Å². The Morgan fingerprint density at radius 3 is 2.63 bits per heavy atom. The average Bonchev–Trinajstić information content (AvgIpc) is 3.03. The highest BCUT2D eigenvalue weighted by Gasteiger charge is 2.40. The number of alkyl halides is 3. The number of ketones is 1. The van der Waals surface area contributed by atoms with E-state index >= 15 is 0 Å². The van der Waals surface area contributed by atoms with Gasteiger partial charge in [0.15, 0.2) is 5.78 Å². The number of Topliss-reactive ketones (excluding diaryl/α,β-unsaturated/α-hetero) is 1. The van der Waals surface area contributed by atoms with Crippen molar-refractivity contribution in [3.63, 3.8) is 0 Å². The molecule has 162 valence electrons. The summed E-state index contributed by atoms with van der Waals surface area (Å²) in [7, 11) is 1.53. The molecule has 0 radical (unpaired) electrons. The van der Waals surface area contributed by atoms with Crippen molar-refractivity contribution >= 4 is 11.5 Å². The van der Waals surface area contributed by atoms with Crippen molar-refractivity contribution in [3.05, 3.63) is 46.8 Å². The number of hydrogen-bond acceptors (Lipinski definition) is 4. The van der Waals surface area contributed by atoms with Crippen LogP contribution in [-0.2, 0) is 11.2 Å². The van der Waals surface area contributed by atoms with E-state index in [0.29, 0.717) is 44.0 Å². The molecule has 0 amide bonds. The lowest BCUT2D eigenvalue weighted by molar-refractivity contribution is -0.160. The second kappa shape index (κ2) is 8.06. The molecule has 1 aromatic rings. The number of morpholine rings is 1. The molecule has 0 N–H and O–H groups in total. The van der Waals surface area contributed by atoms with E-state index in [9.17, 15) is 22.4 Å². The Morgan fingerprint density at radius 1 is 1.23 bits per heavy atom. The Morgan fingerprint density at radius 2 is 1.97 bits per heavy atom. The minimum absolute atomic E-state index is 0.0323. The molecule has 0 bridgehead atoms. The van der Waals surface area contributed by atoms with Crippen LogP contribution in [0.15, 0.2) is 35.7 Å². The third kappa shape index (κ3) is 3.97. The Hall–Kier alpha value is -2.35. The predicted molar refractivity (Wildman–Crippen MR) is 104 cm³/mol. The third-order valence-corrected chi connectivity index (χ3v) is 6.01. The van der Waals surface area contributed by atoms with Gasteiger partial charge in [-0.25, -0.2) is 4.39 Å². The van der Waals surface area contributed by atoms with Crippen LogP contribution in [0.3, 0.4) is 0 Å². The smallest absolute Gasteiger partial charge is 0.395 e. The number of fused-ring (bicyclic) bond motifs is 1. The zero-order chi connectivity index (χ0) is 21.5. The van der Waals surface area contributed by atoms with Crippen molar-refractivity contribution in [3.8, 4) is 5.75 Å². The molecule has 4 nitrogen and oxygen atoms in total. The summed E-state index contributed by atoms with van der Waals surface area (Å²) in [5.41, 5.74) is 2.16. The second-order valence-corrected chi connectivity index (χ2v) is 7.88. The molecule has 4 rings (SSSR count). The number of allylic oxidation sites excluding steroid dienone is 4. The number of carbonyl (C=O) groups is 1. The van der Waals surface area contributed by atoms with Crippen molar-refractivity contribution in [1.29, 1.82) is 0 Å². The van der Waals surface area contributed by atoms with Crippen LogP contribution in [0.5, 0.6) is 5.75 Å². The van der Waals surface area contributed by atoms with Gasteiger partial charge in [0.1, 0.15) is 11.6 Å². The fourth-order valence-corrected chi connectivity index (χ4v) is 4.38. The van der Waals surface area contributed by atoms with Gasteiger partial charge in [0.25, 0.3) is 0 Å². The first-order valence-electron chi connectivity index (χ1n) is 9.99. The highest BCUT2D eigenvalue weighted by molar-refractivity contribution is 6.03. The lowest BCUT2D eigenvalue weighted by Crippen LogP contribution is -2.36. The lowest BCUT2D eigenvalue weighted by atomic mass is 9.88. The van der Waals surface area contributed by atoms with Crippen molar-refractivity contribution in [1.82, 2.24) is 0 Å². The van der Waals surface area contributed by atoms with Gasteiger partial charge in [-0.2, -0.15) is 13.2 Å². The molecule has 2 unspecified atom stereocenters. The normalized spacial score (nSPS) is 24.4. The van der Waals surface area contributed by atoms with Crippen LogP contribution < -0.4 is 9.64 Å². The maximum atomic E-state index is 14.2. The molecule has 30 heavy (non-hydrogen) atoms. The van der Waals surface area contributed by atoms with Gasteiger partial charge in [0.05, 0.1) is 31.9 Å². The monoisotopic (exact) mass is 425 g/mol. The Labute approximate surface area is 172 Å². The van der Waals surface area contributed by atoms with Crippen LogP contribution in [0.25, 0.3) is 0 Å². The highest BCUT2D eigenvalue weighted by Crippen LogP contribution is 2.42. The molecule has 0 spiro atoms. The summed E-state index contributed by atoms with van der Waals surface area (Å²) in [6.07, 6.45) is -2.59. The molecule has 8 heteroatoms. The standard InChI is InChI=1S/C22H23F4NO3/c1-29-20-12-17-13(11-19(20)27-4-6-30-7-5-27)8-15(21(17)28)9-14-10-16(22(24,25)26)2-3-18(14)23/h3,10-12,15-16H,2,4-9H2,1H3. The Kier molecular flexibility index (Phi) is 5.61. The van der Waals surface area contributed by atoms with Crippen LogP contribution in [0, 0.1) is 11.8 Å². The maximum Gasteiger partial charge on any atom is 0.395 e. The van der Waals surface area contributed by atoms with Crippen LogP contribution >= 0.6 is 0 Å².